The molecular weight excluding hydrogens is 236 g/mol. The van der Waals surface area contributed by atoms with Crippen molar-refractivity contribution in [2.45, 2.75) is 18.9 Å². The molecule has 0 aliphatic carbocycles. The number of methoxy groups -OCH3 is 1. The molecule has 2 rings (SSSR count). The summed E-state index contributed by atoms with van der Waals surface area (Å²) < 4.78 is 11.2. The third-order valence-electron chi connectivity index (χ3n) is 2.76. The topological polar surface area (TPSA) is 35.5 Å². The van der Waals surface area contributed by atoms with Gasteiger partial charge in [0, 0.05) is 5.75 Å². The Balaban J connectivity index is 2.19. The minimum atomic E-state index is 0.184. The molecule has 0 spiro atoms. The fraction of sp³-hybridized carbons (Fsp3) is 0.462. The van der Waals surface area contributed by atoms with Gasteiger partial charge in [0.25, 0.3) is 0 Å². The number of benzene rings is 1. The first-order chi connectivity index (χ1) is 8.35. The fourth-order valence-electron chi connectivity index (χ4n) is 1.88. The number of rotatable bonds is 4. The maximum Gasteiger partial charge on any atom is 0.172 e. The van der Waals surface area contributed by atoms with Gasteiger partial charge in [0.1, 0.15) is 6.10 Å². The number of carbonyl (C=O) groups excluding carboxylic acids is 1. The molecule has 1 atom stereocenters. The van der Waals surface area contributed by atoms with Crippen molar-refractivity contribution >= 4 is 18.0 Å². The second kappa shape index (κ2) is 5.96. The first-order valence-corrected chi connectivity index (χ1v) is 6.87. The molecule has 0 amide bonds. The molecule has 0 radical (unpaired) electrons. The van der Waals surface area contributed by atoms with E-state index in [9.17, 15) is 4.79 Å². The van der Waals surface area contributed by atoms with Gasteiger partial charge < -0.3 is 9.47 Å². The van der Waals surface area contributed by atoms with Gasteiger partial charge in [-0.3, -0.25) is 4.79 Å². The lowest BCUT2D eigenvalue weighted by Gasteiger charge is -2.24. The van der Waals surface area contributed by atoms with Crippen LogP contribution >= 0.6 is 11.8 Å². The number of carbonyl (C=O) groups is 1. The molecule has 92 valence electrons. The highest BCUT2D eigenvalue weighted by Crippen LogP contribution is 2.33. The van der Waals surface area contributed by atoms with Crippen molar-refractivity contribution in [2.24, 2.45) is 0 Å². The molecule has 3 nitrogen and oxygen atoms in total. The summed E-state index contributed by atoms with van der Waals surface area (Å²) in [4.78, 5) is 11.0. The molecule has 17 heavy (non-hydrogen) atoms. The summed E-state index contributed by atoms with van der Waals surface area (Å²) in [6.45, 7) is 0. The number of aldehydes is 1. The van der Waals surface area contributed by atoms with E-state index >= 15 is 0 Å². The van der Waals surface area contributed by atoms with E-state index < -0.39 is 0 Å². The molecule has 0 bridgehead atoms. The van der Waals surface area contributed by atoms with E-state index in [1.807, 2.05) is 17.8 Å². The average Bonchev–Trinajstić information content (AvgIpc) is 2.40. The largest absolute Gasteiger partial charge is 0.493 e. The molecule has 0 saturated carbocycles. The highest BCUT2D eigenvalue weighted by molar-refractivity contribution is 7.99. The van der Waals surface area contributed by atoms with Gasteiger partial charge >= 0.3 is 0 Å². The number of ether oxygens (including phenoxy) is 2. The molecule has 4 heteroatoms. The van der Waals surface area contributed by atoms with Gasteiger partial charge in [-0.1, -0.05) is 6.07 Å². The molecule has 1 aromatic carbocycles. The van der Waals surface area contributed by atoms with Crippen molar-refractivity contribution in [3.63, 3.8) is 0 Å². The number of hydrogen-bond acceptors (Lipinski definition) is 4. The first kappa shape index (κ1) is 12.3. The van der Waals surface area contributed by atoms with Crippen LogP contribution in [0.4, 0.5) is 0 Å². The van der Waals surface area contributed by atoms with Crippen LogP contribution in [0.1, 0.15) is 23.2 Å². The van der Waals surface area contributed by atoms with E-state index in [-0.39, 0.29) is 6.10 Å². The summed E-state index contributed by atoms with van der Waals surface area (Å²) in [6.07, 6.45) is 3.21. The molecule has 1 heterocycles. The van der Waals surface area contributed by atoms with Crippen LogP contribution in [-0.4, -0.2) is 31.0 Å². The van der Waals surface area contributed by atoms with Crippen LogP contribution in [0.3, 0.4) is 0 Å². The zero-order valence-electron chi connectivity index (χ0n) is 9.85. The molecule has 1 saturated heterocycles. The van der Waals surface area contributed by atoms with Crippen molar-refractivity contribution in [3.8, 4) is 11.5 Å². The second-order valence-corrected chi connectivity index (χ2v) is 5.10. The zero-order chi connectivity index (χ0) is 12.1. The molecule has 0 N–H and O–H groups in total. The lowest BCUT2D eigenvalue weighted by Crippen LogP contribution is -2.24. The third kappa shape index (κ3) is 2.94. The van der Waals surface area contributed by atoms with Gasteiger partial charge in [0.05, 0.1) is 12.7 Å². The predicted octanol–water partition coefficient (Wildman–Crippen LogP) is 2.78. The van der Waals surface area contributed by atoms with E-state index in [0.29, 0.717) is 17.1 Å². The van der Waals surface area contributed by atoms with E-state index in [1.54, 1.807) is 19.2 Å². The van der Waals surface area contributed by atoms with Crippen LogP contribution in [0.25, 0.3) is 0 Å². The fourth-order valence-corrected chi connectivity index (χ4v) is 2.92. The van der Waals surface area contributed by atoms with Gasteiger partial charge in [0.15, 0.2) is 17.8 Å². The van der Waals surface area contributed by atoms with E-state index in [0.717, 1.165) is 18.5 Å². The van der Waals surface area contributed by atoms with E-state index in [2.05, 4.69) is 0 Å². The highest BCUT2D eigenvalue weighted by atomic mass is 32.2. The Morgan fingerprint density at radius 1 is 1.47 bits per heavy atom. The van der Waals surface area contributed by atoms with Gasteiger partial charge in [0.2, 0.25) is 0 Å². The first-order valence-electron chi connectivity index (χ1n) is 5.71. The van der Waals surface area contributed by atoms with Gasteiger partial charge in [-0.25, -0.2) is 0 Å². The predicted molar refractivity (Wildman–Crippen MR) is 69.4 cm³/mol. The molecular formula is C13H16O3S. The van der Waals surface area contributed by atoms with Crippen LogP contribution in [-0.2, 0) is 0 Å². The van der Waals surface area contributed by atoms with Crippen LogP contribution in [0, 0.1) is 0 Å². The van der Waals surface area contributed by atoms with Gasteiger partial charge in [-0.15, -0.1) is 0 Å². The second-order valence-electron chi connectivity index (χ2n) is 3.95. The SMILES string of the molecule is COc1cccc(C=O)c1OC1CCCSC1. The molecule has 1 unspecified atom stereocenters. The molecule has 1 aliphatic heterocycles. The van der Waals surface area contributed by atoms with E-state index in [1.165, 1.54) is 12.2 Å². The van der Waals surface area contributed by atoms with E-state index in [4.69, 9.17) is 9.47 Å². The van der Waals surface area contributed by atoms with Gasteiger partial charge in [-0.05, 0) is 30.7 Å². The monoisotopic (exact) mass is 252 g/mol. The number of para-hydroxylation sites is 1. The molecule has 1 aromatic rings. The Labute approximate surface area is 105 Å². The Morgan fingerprint density at radius 2 is 2.35 bits per heavy atom. The number of thioether (sulfide) groups is 1. The standard InChI is InChI=1S/C13H16O3S/c1-15-12-6-2-4-10(8-14)13(12)16-11-5-3-7-17-9-11/h2,4,6,8,11H,3,5,7,9H2,1H3. The van der Waals surface area contributed by atoms with Crippen LogP contribution in [0.15, 0.2) is 18.2 Å². The van der Waals surface area contributed by atoms with Crippen LogP contribution in [0.2, 0.25) is 0 Å². The summed E-state index contributed by atoms with van der Waals surface area (Å²) in [5, 5.41) is 0. The van der Waals surface area contributed by atoms with Crippen LogP contribution < -0.4 is 9.47 Å². The maximum absolute atomic E-state index is 11.0. The third-order valence-corrected chi connectivity index (χ3v) is 3.94. The summed E-state index contributed by atoms with van der Waals surface area (Å²) in [7, 11) is 1.59. The summed E-state index contributed by atoms with van der Waals surface area (Å²) in [5.74, 6) is 3.39. The Kier molecular flexibility index (Phi) is 4.31. The normalized spacial score (nSPS) is 19.7. The summed E-state index contributed by atoms with van der Waals surface area (Å²) in [5.41, 5.74) is 0.555. The average molecular weight is 252 g/mol. The zero-order valence-corrected chi connectivity index (χ0v) is 10.7. The minimum Gasteiger partial charge on any atom is -0.493 e. The molecule has 1 aliphatic rings. The van der Waals surface area contributed by atoms with Crippen molar-refractivity contribution in [1.29, 1.82) is 0 Å². The summed E-state index contributed by atoms with van der Waals surface area (Å²) >= 11 is 1.90. The van der Waals surface area contributed by atoms with Crippen molar-refractivity contribution < 1.29 is 14.3 Å². The van der Waals surface area contributed by atoms with Crippen molar-refractivity contribution in [1.82, 2.24) is 0 Å². The smallest absolute Gasteiger partial charge is 0.172 e. The molecule has 0 aromatic heterocycles. The van der Waals surface area contributed by atoms with Crippen molar-refractivity contribution in [2.75, 3.05) is 18.6 Å². The van der Waals surface area contributed by atoms with Crippen molar-refractivity contribution in [3.05, 3.63) is 23.8 Å². The summed E-state index contributed by atoms with van der Waals surface area (Å²) in [6, 6.07) is 5.37. The Morgan fingerprint density at radius 3 is 3.00 bits per heavy atom. The maximum atomic E-state index is 11.0. The van der Waals surface area contributed by atoms with Crippen LogP contribution in [0.5, 0.6) is 11.5 Å². The number of hydrogen-bond donors (Lipinski definition) is 0. The van der Waals surface area contributed by atoms with Gasteiger partial charge in [-0.2, -0.15) is 11.8 Å². The lowest BCUT2D eigenvalue weighted by atomic mass is 10.2. The minimum absolute atomic E-state index is 0.184. The quantitative estimate of drug-likeness (QED) is 0.772. The molecule has 1 fully saturated rings. The highest BCUT2D eigenvalue weighted by Gasteiger charge is 2.19. The lowest BCUT2D eigenvalue weighted by molar-refractivity contribution is 0.111. The Bertz CT molecular complexity index is 386. The Hall–Kier alpha value is -1.16.